The van der Waals surface area contributed by atoms with Gasteiger partial charge in [-0.05, 0) is 49.2 Å². The predicted octanol–water partition coefficient (Wildman–Crippen LogP) is 3.07. The third kappa shape index (κ3) is 8.02. The molecule has 2 rings (SSSR count). The number of rotatable bonds is 10. The van der Waals surface area contributed by atoms with Crippen LogP contribution in [0, 0.1) is 0 Å². The van der Waals surface area contributed by atoms with Crippen molar-refractivity contribution < 1.29 is 9.59 Å². The summed E-state index contributed by atoms with van der Waals surface area (Å²) in [4.78, 5) is 28.5. The zero-order chi connectivity index (χ0) is 18.6. The van der Waals surface area contributed by atoms with E-state index in [2.05, 4.69) is 15.6 Å². The van der Waals surface area contributed by atoms with Crippen molar-refractivity contribution in [2.75, 3.05) is 23.3 Å². The smallest absolute Gasteiger partial charge is 0.230 e. The Balaban J connectivity index is 1.48. The van der Waals surface area contributed by atoms with Crippen LogP contribution in [-0.2, 0) is 9.59 Å². The fourth-order valence-electron chi connectivity index (χ4n) is 2.24. The van der Waals surface area contributed by atoms with Gasteiger partial charge < -0.3 is 16.4 Å². The molecule has 26 heavy (non-hydrogen) atoms. The Hall–Kier alpha value is -2.54. The number of unbranched alkanes of at least 4 members (excludes halogenated alkanes) is 2. The molecule has 1 heterocycles. The second-order valence-electron chi connectivity index (χ2n) is 5.81. The lowest BCUT2D eigenvalue weighted by atomic mass is 10.2. The molecule has 0 atom stereocenters. The molecule has 0 fully saturated rings. The molecular weight excluding hydrogens is 348 g/mol. The van der Waals surface area contributed by atoms with Crippen molar-refractivity contribution in [1.29, 1.82) is 0 Å². The maximum atomic E-state index is 11.8. The lowest BCUT2D eigenvalue weighted by Crippen LogP contribution is -2.26. The summed E-state index contributed by atoms with van der Waals surface area (Å²) in [5.41, 5.74) is 7.06. The number of pyridine rings is 1. The molecule has 4 N–H and O–H groups in total. The second kappa shape index (κ2) is 11.1. The van der Waals surface area contributed by atoms with Gasteiger partial charge in [-0.15, -0.1) is 11.8 Å². The Morgan fingerprint density at radius 3 is 2.58 bits per heavy atom. The van der Waals surface area contributed by atoms with Gasteiger partial charge in [0.05, 0.1) is 17.6 Å². The molecule has 6 nitrogen and oxygen atoms in total. The summed E-state index contributed by atoms with van der Waals surface area (Å²) in [6, 6.07) is 11.1. The largest absolute Gasteiger partial charge is 0.399 e. The fourth-order valence-corrected chi connectivity index (χ4v) is 2.97. The van der Waals surface area contributed by atoms with E-state index < -0.39 is 0 Å². The topological polar surface area (TPSA) is 97.1 Å². The molecule has 0 saturated carbocycles. The highest BCUT2D eigenvalue weighted by Crippen LogP contribution is 2.18. The Morgan fingerprint density at radius 2 is 1.85 bits per heavy atom. The van der Waals surface area contributed by atoms with Gasteiger partial charge in [-0.2, -0.15) is 0 Å². The number of nitrogens with zero attached hydrogens (tertiary/aromatic N) is 1. The quantitative estimate of drug-likeness (QED) is 0.338. The molecule has 138 valence electrons. The second-order valence-corrected chi connectivity index (χ2v) is 6.86. The minimum Gasteiger partial charge on any atom is -0.399 e. The van der Waals surface area contributed by atoms with Crippen molar-refractivity contribution in [1.82, 2.24) is 10.3 Å². The summed E-state index contributed by atoms with van der Waals surface area (Å²) in [6.45, 7) is 0.630. The molecule has 1 aromatic carbocycles. The van der Waals surface area contributed by atoms with Gasteiger partial charge in [-0.25, -0.2) is 0 Å². The average Bonchev–Trinajstić information content (AvgIpc) is 2.65. The summed E-state index contributed by atoms with van der Waals surface area (Å²) in [5.74, 6) is 0.389. The number of hydrogen-bond donors (Lipinski definition) is 3. The first kappa shape index (κ1) is 19.8. The van der Waals surface area contributed by atoms with E-state index in [0.717, 1.165) is 24.2 Å². The molecule has 0 aliphatic heterocycles. The van der Waals surface area contributed by atoms with Crippen molar-refractivity contribution in [3.63, 3.8) is 0 Å². The highest BCUT2D eigenvalue weighted by Gasteiger charge is 2.04. The molecule has 0 aliphatic rings. The van der Waals surface area contributed by atoms with E-state index >= 15 is 0 Å². The van der Waals surface area contributed by atoms with Crippen LogP contribution in [0.25, 0.3) is 0 Å². The van der Waals surface area contributed by atoms with Gasteiger partial charge in [-0.3, -0.25) is 14.6 Å². The van der Waals surface area contributed by atoms with Crippen LogP contribution in [-0.4, -0.2) is 29.1 Å². The number of nitrogen functional groups attached to an aromatic ring is 1. The lowest BCUT2D eigenvalue weighted by Gasteiger charge is -2.06. The van der Waals surface area contributed by atoms with Crippen molar-refractivity contribution in [3.05, 3.63) is 48.8 Å². The molecular formula is C19H24N4O2S. The summed E-state index contributed by atoms with van der Waals surface area (Å²) in [5, 5.41) is 5.70. The molecule has 0 bridgehead atoms. The van der Waals surface area contributed by atoms with E-state index in [9.17, 15) is 9.59 Å². The standard InChI is InChI=1S/C19H24N4O2S/c20-15-7-9-17(10-8-15)26-14-19(25)22-12-3-1-2-6-18(24)23-16-5-4-11-21-13-16/h4-5,7-11,13H,1-3,6,12,14,20H2,(H,22,25)(H,23,24). The first-order valence-corrected chi connectivity index (χ1v) is 9.57. The number of carbonyl (C=O) groups excluding carboxylic acids is 2. The van der Waals surface area contributed by atoms with Gasteiger partial charge in [0.25, 0.3) is 0 Å². The molecule has 0 saturated heterocycles. The molecule has 0 spiro atoms. The van der Waals surface area contributed by atoms with E-state index in [1.54, 1.807) is 18.5 Å². The Bertz CT molecular complexity index is 692. The van der Waals surface area contributed by atoms with E-state index in [-0.39, 0.29) is 11.8 Å². The molecule has 0 radical (unpaired) electrons. The van der Waals surface area contributed by atoms with Crippen LogP contribution in [0.1, 0.15) is 25.7 Å². The first-order chi connectivity index (χ1) is 12.6. The average molecular weight is 372 g/mol. The maximum absolute atomic E-state index is 11.8. The van der Waals surface area contributed by atoms with Crippen LogP contribution in [0.15, 0.2) is 53.7 Å². The van der Waals surface area contributed by atoms with Gasteiger partial charge in [0, 0.05) is 29.7 Å². The number of benzene rings is 1. The Labute approximate surface area is 158 Å². The minimum atomic E-state index is -0.0121. The normalized spacial score (nSPS) is 10.3. The van der Waals surface area contributed by atoms with E-state index in [0.29, 0.717) is 30.1 Å². The number of thioether (sulfide) groups is 1. The molecule has 0 unspecified atom stereocenters. The van der Waals surface area contributed by atoms with Crippen molar-refractivity contribution in [2.45, 2.75) is 30.6 Å². The highest BCUT2D eigenvalue weighted by molar-refractivity contribution is 8.00. The SMILES string of the molecule is Nc1ccc(SCC(=O)NCCCCCC(=O)Nc2cccnc2)cc1. The van der Waals surface area contributed by atoms with Crippen LogP contribution in [0.2, 0.25) is 0 Å². The maximum Gasteiger partial charge on any atom is 0.230 e. The number of nitrogens with two attached hydrogens (primary N) is 1. The Morgan fingerprint density at radius 1 is 1.04 bits per heavy atom. The lowest BCUT2D eigenvalue weighted by molar-refractivity contribution is -0.118. The van der Waals surface area contributed by atoms with Gasteiger partial charge >= 0.3 is 0 Å². The van der Waals surface area contributed by atoms with Crippen LogP contribution >= 0.6 is 11.8 Å². The molecule has 2 aromatic rings. The Kier molecular flexibility index (Phi) is 8.48. The van der Waals surface area contributed by atoms with Crippen LogP contribution in [0.3, 0.4) is 0 Å². The molecule has 1 aromatic heterocycles. The van der Waals surface area contributed by atoms with Crippen LogP contribution in [0.5, 0.6) is 0 Å². The number of anilines is 2. The molecule has 7 heteroatoms. The summed E-state index contributed by atoms with van der Waals surface area (Å²) < 4.78 is 0. The highest BCUT2D eigenvalue weighted by atomic mass is 32.2. The predicted molar refractivity (Wildman–Crippen MR) is 106 cm³/mol. The zero-order valence-corrected chi connectivity index (χ0v) is 15.4. The van der Waals surface area contributed by atoms with Crippen molar-refractivity contribution in [3.8, 4) is 0 Å². The number of amides is 2. The van der Waals surface area contributed by atoms with Crippen LogP contribution in [0.4, 0.5) is 11.4 Å². The summed E-state index contributed by atoms with van der Waals surface area (Å²) in [6.07, 6.45) is 6.30. The van der Waals surface area contributed by atoms with E-state index in [4.69, 9.17) is 5.73 Å². The van der Waals surface area contributed by atoms with Gasteiger partial charge in [-0.1, -0.05) is 6.42 Å². The van der Waals surface area contributed by atoms with Crippen molar-refractivity contribution in [2.24, 2.45) is 0 Å². The first-order valence-electron chi connectivity index (χ1n) is 8.58. The number of carbonyl (C=O) groups is 2. The third-order valence-electron chi connectivity index (χ3n) is 3.60. The fraction of sp³-hybridized carbons (Fsp3) is 0.316. The van der Waals surface area contributed by atoms with E-state index in [1.807, 2.05) is 30.3 Å². The van der Waals surface area contributed by atoms with E-state index in [1.165, 1.54) is 11.8 Å². The number of aromatic nitrogens is 1. The zero-order valence-electron chi connectivity index (χ0n) is 14.6. The third-order valence-corrected chi connectivity index (χ3v) is 4.61. The summed E-state index contributed by atoms with van der Waals surface area (Å²) >= 11 is 1.48. The molecule has 0 aliphatic carbocycles. The monoisotopic (exact) mass is 372 g/mol. The van der Waals surface area contributed by atoms with Gasteiger partial charge in [0.1, 0.15) is 0 Å². The van der Waals surface area contributed by atoms with Gasteiger partial charge in [0.2, 0.25) is 11.8 Å². The van der Waals surface area contributed by atoms with Gasteiger partial charge in [0.15, 0.2) is 0 Å². The molecule has 2 amide bonds. The van der Waals surface area contributed by atoms with Crippen molar-refractivity contribution >= 4 is 35.0 Å². The summed E-state index contributed by atoms with van der Waals surface area (Å²) in [7, 11) is 0. The number of hydrogen-bond acceptors (Lipinski definition) is 5. The van der Waals surface area contributed by atoms with Crippen LogP contribution < -0.4 is 16.4 Å². The number of nitrogens with one attached hydrogen (secondary N) is 2. The minimum absolute atomic E-state index is 0.0121.